The highest BCUT2D eigenvalue weighted by atomic mass is 32.1. The average molecular weight is 454 g/mol. The normalized spacial score (nSPS) is 21.8. The first-order valence-electron chi connectivity index (χ1n) is 11.5. The molecule has 2 aliphatic heterocycles. The molecule has 3 aliphatic rings. The maximum Gasteiger partial charge on any atom is 0.264 e. The van der Waals surface area contributed by atoms with Crippen LogP contribution in [0.5, 0.6) is 0 Å². The summed E-state index contributed by atoms with van der Waals surface area (Å²) < 4.78 is 6.53. The summed E-state index contributed by atoms with van der Waals surface area (Å²) in [6, 6.07) is 2.22. The van der Waals surface area contributed by atoms with Crippen LogP contribution in [-0.2, 0) is 4.74 Å². The van der Waals surface area contributed by atoms with Gasteiger partial charge in [0.2, 0.25) is 5.95 Å². The summed E-state index contributed by atoms with van der Waals surface area (Å²) in [6.07, 6.45) is 6.33. The third kappa shape index (κ3) is 3.87. The molecule has 6 rings (SSSR count). The maximum atomic E-state index is 13.4. The zero-order valence-electron chi connectivity index (χ0n) is 17.9. The smallest absolute Gasteiger partial charge is 0.264 e. The van der Waals surface area contributed by atoms with E-state index in [4.69, 9.17) is 14.7 Å². The maximum absolute atomic E-state index is 13.4. The number of morpholine rings is 1. The number of hydrogen-bond acceptors (Lipinski definition) is 9. The minimum atomic E-state index is -0.159. The van der Waals surface area contributed by atoms with Crippen LogP contribution in [-0.4, -0.2) is 65.4 Å². The largest absolute Gasteiger partial charge is 0.378 e. The van der Waals surface area contributed by atoms with Crippen molar-refractivity contribution < 1.29 is 4.74 Å². The van der Waals surface area contributed by atoms with Crippen LogP contribution in [0.2, 0.25) is 0 Å². The van der Waals surface area contributed by atoms with Gasteiger partial charge in [0, 0.05) is 37.8 Å². The van der Waals surface area contributed by atoms with Gasteiger partial charge in [0.25, 0.3) is 5.56 Å². The van der Waals surface area contributed by atoms with Crippen molar-refractivity contribution in [1.82, 2.24) is 25.3 Å². The van der Waals surface area contributed by atoms with E-state index in [1.54, 1.807) is 11.3 Å². The van der Waals surface area contributed by atoms with Gasteiger partial charge in [0.1, 0.15) is 21.9 Å². The van der Waals surface area contributed by atoms with Crippen LogP contribution in [0.25, 0.3) is 20.8 Å². The van der Waals surface area contributed by atoms with E-state index in [9.17, 15) is 4.79 Å². The molecule has 0 amide bonds. The number of aromatic amines is 1. The molecule has 1 aliphatic carbocycles. The second-order valence-electron chi connectivity index (χ2n) is 8.74. The fraction of sp³-hybridized carbons (Fsp3) is 0.545. The molecule has 1 unspecified atom stereocenters. The zero-order valence-corrected chi connectivity index (χ0v) is 18.7. The topological polar surface area (TPSA) is 108 Å². The first kappa shape index (κ1) is 20.1. The Morgan fingerprint density at radius 1 is 1.19 bits per heavy atom. The highest BCUT2D eigenvalue weighted by Gasteiger charge is 2.29. The van der Waals surface area contributed by atoms with Crippen LogP contribution < -0.4 is 21.1 Å². The lowest BCUT2D eigenvalue weighted by atomic mass is 10.1. The molecule has 0 radical (unpaired) electrons. The molecule has 3 fully saturated rings. The summed E-state index contributed by atoms with van der Waals surface area (Å²) in [5, 5.41) is 7.69. The van der Waals surface area contributed by atoms with Gasteiger partial charge in [-0.15, -0.1) is 11.3 Å². The number of rotatable bonds is 5. The van der Waals surface area contributed by atoms with E-state index in [0.29, 0.717) is 54.6 Å². The number of H-pyrrole nitrogens is 1. The Morgan fingerprint density at radius 3 is 2.84 bits per heavy atom. The van der Waals surface area contributed by atoms with Crippen molar-refractivity contribution in [3.8, 4) is 10.6 Å². The van der Waals surface area contributed by atoms with Gasteiger partial charge in [-0.3, -0.25) is 14.8 Å². The highest BCUT2D eigenvalue weighted by molar-refractivity contribution is 7.21. The molecule has 3 aromatic heterocycles. The van der Waals surface area contributed by atoms with Gasteiger partial charge in [0.05, 0.1) is 23.6 Å². The summed E-state index contributed by atoms with van der Waals surface area (Å²) in [7, 11) is 0. The molecule has 3 aromatic rings. The number of pyridine rings is 1. The van der Waals surface area contributed by atoms with Crippen LogP contribution in [0.15, 0.2) is 17.1 Å². The molecule has 10 heteroatoms. The number of hydrogen-bond donors (Lipinski definition) is 3. The molecule has 168 valence electrons. The summed E-state index contributed by atoms with van der Waals surface area (Å²) in [6.45, 7) is 4.58. The second kappa shape index (κ2) is 8.42. The van der Waals surface area contributed by atoms with E-state index in [2.05, 4.69) is 25.5 Å². The summed E-state index contributed by atoms with van der Waals surface area (Å²) >= 11 is 1.54. The summed E-state index contributed by atoms with van der Waals surface area (Å²) in [5.41, 5.74) is 2.35. The van der Waals surface area contributed by atoms with Crippen LogP contribution in [0, 0.1) is 0 Å². The van der Waals surface area contributed by atoms with Gasteiger partial charge in [-0.25, -0.2) is 4.98 Å². The lowest BCUT2D eigenvalue weighted by molar-refractivity contribution is 0.122. The molecular formula is C22H27N7O2S. The van der Waals surface area contributed by atoms with Crippen LogP contribution in [0.4, 0.5) is 11.8 Å². The predicted octanol–water partition coefficient (Wildman–Crippen LogP) is 2.32. The fourth-order valence-corrected chi connectivity index (χ4v) is 5.51. The van der Waals surface area contributed by atoms with Crippen molar-refractivity contribution >= 4 is 33.3 Å². The number of nitrogens with one attached hydrogen (secondary N) is 3. The summed E-state index contributed by atoms with van der Waals surface area (Å²) in [5.74, 6) is 1.71. The molecular weight excluding hydrogens is 426 g/mol. The molecule has 2 saturated heterocycles. The molecule has 1 saturated carbocycles. The van der Waals surface area contributed by atoms with Gasteiger partial charge in [0.15, 0.2) is 0 Å². The number of ether oxygens (including phenoxy) is 1. The SMILES string of the molecule is O=c1[nH]c(N2CCOCC2)nc(NC2CCCNC2)c1-c1nc2c(C3CC3)nccc2s1. The lowest BCUT2D eigenvalue weighted by Crippen LogP contribution is -2.40. The number of anilines is 2. The van der Waals surface area contributed by atoms with E-state index in [1.165, 1.54) is 0 Å². The van der Waals surface area contributed by atoms with Crippen LogP contribution in [0.3, 0.4) is 0 Å². The van der Waals surface area contributed by atoms with Crippen molar-refractivity contribution in [2.75, 3.05) is 49.6 Å². The first-order valence-corrected chi connectivity index (χ1v) is 12.3. The number of piperidine rings is 1. The Labute approximate surface area is 189 Å². The van der Waals surface area contributed by atoms with Crippen molar-refractivity contribution in [1.29, 1.82) is 0 Å². The Kier molecular flexibility index (Phi) is 5.28. The molecule has 0 bridgehead atoms. The lowest BCUT2D eigenvalue weighted by Gasteiger charge is -2.29. The Morgan fingerprint density at radius 2 is 2.06 bits per heavy atom. The van der Waals surface area contributed by atoms with E-state index in [1.807, 2.05) is 12.3 Å². The highest BCUT2D eigenvalue weighted by Crippen LogP contribution is 2.43. The molecule has 9 nitrogen and oxygen atoms in total. The Bertz CT molecular complexity index is 1180. The first-order chi connectivity index (χ1) is 15.8. The van der Waals surface area contributed by atoms with Gasteiger partial charge in [-0.2, -0.15) is 4.98 Å². The van der Waals surface area contributed by atoms with E-state index >= 15 is 0 Å². The molecule has 5 heterocycles. The van der Waals surface area contributed by atoms with Gasteiger partial charge in [-0.05, 0) is 38.3 Å². The zero-order chi connectivity index (χ0) is 21.5. The Hall–Kier alpha value is -2.56. The third-order valence-electron chi connectivity index (χ3n) is 6.37. The van der Waals surface area contributed by atoms with Crippen LogP contribution in [0.1, 0.15) is 37.3 Å². The number of thiazole rings is 1. The minimum Gasteiger partial charge on any atom is -0.378 e. The van der Waals surface area contributed by atoms with Crippen molar-refractivity contribution in [3.05, 3.63) is 28.3 Å². The van der Waals surface area contributed by atoms with Crippen LogP contribution >= 0.6 is 11.3 Å². The number of aromatic nitrogens is 4. The van der Waals surface area contributed by atoms with E-state index in [0.717, 1.165) is 54.7 Å². The minimum absolute atomic E-state index is 0.159. The fourth-order valence-electron chi connectivity index (χ4n) is 4.49. The second-order valence-corrected chi connectivity index (χ2v) is 9.77. The molecule has 3 N–H and O–H groups in total. The summed E-state index contributed by atoms with van der Waals surface area (Å²) in [4.78, 5) is 32.9. The van der Waals surface area contributed by atoms with E-state index in [-0.39, 0.29) is 11.6 Å². The molecule has 0 aromatic carbocycles. The van der Waals surface area contributed by atoms with Crippen molar-refractivity contribution in [2.45, 2.75) is 37.6 Å². The Balaban J connectivity index is 1.44. The van der Waals surface area contributed by atoms with Gasteiger partial charge < -0.3 is 20.3 Å². The molecule has 1 atom stereocenters. The quantitative estimate of drug-likeness (QED) is 0.540. The van der Waals surface area contributed by atoms with E-state index < -0.39 is 0 Å². The standard InChI is InChI=1S/C22H27N7O2S/c30-20-16(21-26-18-15(32-21)5-7-24-17(18)13-3-4-13)19(25-14-2-1-6-23-12-14)27-22(28-20)29-8-10-31-11-9-29/h5,7,13-14,23H,1-4,6,8-12H2,(H2,25,27,28,30). The monoisotopic (exact) mass is 453 g/mol. The number of fused-ring (bicyclic) bond motifs is 1. The van der Waals surface area contributed by atoms with Crippen molar-refractivity contribution in [2.24, 2.45) is 0 Å². The molecule has 32 heavy (non-hydrogen) atoms. The van der Waals surface area contributed by atoms with Gasteiger partial charge >= 0.3 is 0 Å². The average Bonchev–Trinajstić information content (AvgIpc) is 3.58. The van der Waals surface area contributed by atoms with Crippen molar-refractivity contribution in [3.63, 3.8) is 0 Å². The third-order valence-corrected chi connectivity index (χ3v) is 7.41. The molecule has 0 spiro atoms. The predicted molar refractivity (Wildman–Crippen MR) is 126 cm³/mol. The number of nitrogens with zero attached hydrogens (tertiary/aromatic N) is 4. The van der Waals surface area contributed by atoms with Gasteiger partial charge in [-0.1, -0.05) is 0 Å².